The number of amides is 1. The third-order valence-corrected chi connectivity index (χ3v) is 5.99. The summed E-state index contributed by atoms with van der Waals surface area (Å²) in [4.78, 5) is 26.6. The van der Waals surface area contributed by atoms with E-state index in [0.29, 0.717) is 42.7 Å². The van der Waals surface area contributed by atoms with E-state index in [1.54, 1.807) is 4.90 Å². The first-order chi connectivity index (χ1) is 15.7. The van der Waals surface area contributed by atoms with Crippen molar-refractivity contribution in [2.45, 2.75) is 32.2 Å². The number of carbonyl (C=O) groups excluding carboxylic acids is 1. The highest BCUT2D eigenvalue weighted by atomic mass is 19.1. The molecule has 0 unspecified atom stereocenters. The van der Waals surface area contributed by atoms with Crippen molar-refractivity contribution in [2.24, 2.45) is 0 Å². The zero-order valence-electron chi connectivity index (χ0n) is 17.8. The van der Waals surface area contributed by atoms with Gasteiger partial charge < -0.3 is 14.5 Å². The van der Waals surface area contributed by atoms with Gasteiger partial charge in [-0.15, -0.1) is 0 Å². The van der Waals surface area contributed by atoms with E-state index in [9.17, 15) is 9.18 Å². The Balaban J connectivity index is 1.47. The molecule has 0 radical (unpaired) electrons. The van der Waals surface area contributed by atoms with E-state index in [1.165, 1.54) is 30.7 Å². The molecule has 2 aliphatic rings. The van der Waals surface area contributed by atoms with Gasteiger partial charge in [0.1, 0.15) is 11.6 Å². The molecule has 3 heterocycles. The molecule has 3 aromatic rings. The Hall–Kier alpha value is -3.48. The molecule has 2 aliphatic heterocycles. The molecule has 0 saturated carbocycles. The number of hydrogen-bond donors (Lipinski definition) is 0. The van der Waals surface area contributed by atoms with Gasteiger partial charge in [0, 0.05) is 31.6 Å². The number of halogens is 1. The highest BCUT2D eigenvalue weighted by Crippen LogP contribution is 2.32. The van der Waals surface area contributed by atoms with Gasteiger partial charge in [-0.1, -0.05) is 18.2 Å². The number of rotatable bonds is 4. The van der Waals surface area contributed by atoms with Crippen LogP contribution in [0.15, 0.2) is 54.6 Å². The van der Waals surface area contributed by atoms with E-state index in [4.69, 9.17) is 14.7 Å². The third-order valence-electron chi connectivity index (χ3n) is 5.99. The van der Waals surface area contributed by atoms with Crippen molar-refractivity contribution in [3.05, 3.63) is 77.2 Å². The van der Waals surface area contributed by atoms with Crippen LogP contribution < -0.4 is 9.64 Å². The van der Waals surface area contributed by atoms with Crippen LogP contribution in [0.2, 0.25) is 0 Å². The highest BCUT2D eigenvalue weighted by Gasteiger charge is 2.28. The van der Waals surface area contributed by atoms with Crippen LogP contribution in [0, 0.1) is 5.82 Å². The van der Waals surface area contributed by atoms with Crippen molar-refractivity contribution in [1.29, 1.82) is 0 Å². The average Bonchev–Trinajstić information content (AvgIpc) is 2.85. The van der Waals surface area contributed by atoms with Crippen LogP contribution in [-0.2, 0) is 13.0 Å². The van der Waals surface area contributed by atoms with E-state index in [0.717, 1.165) is 37.2 Å². The van der Waals surface area contributed by atoms with Gasteiger partial charge in [-0.05, 0) is 55.7 Å². The highest BCUT2D eigenvalue weighted by molar-refractivity contribution is 5.94. The molecule has 1 amide bonds. The van der Waals surface area contributed by atoms with Crippen LogP contribution in [-0.4, -0.2) is 40.4 Å². The minimum Gasteiger partial charge on any atom is -0.438 e. The zero-order chi connectivity index (χ0) is 21.9. The van der Waals surface area contributed by atoms with Crippen LogP contribution in [0.5, 0.6) is 11.6 Å². The number of piperidine rings is 1. The fourth-order valence-electron chi connectivity index (χ4n) is 4.24. The summed E-state index contributed by atoms with van der Waals surface area (Å²) in [6, 6.07) is 15.2. The summed E-state index contributed by atoms with van der Waals surface area (Å²) in [6.07, 6.45) is 4.12. The largest absolute Gasteiger partial charge is 0.438 e. The average molecular weight is 432 g/mol. The van der Waals surface area contributed by atoms with Gasteiger partial charge in [0.2, 0.25) is 11.8 Å². The topological polar surface area (TPSA) is 58.6 Å². The van der Waals surface area contributed by atoms with Crippen LogP contribution in [0.1, 0.15) is 40.9 Å². The molecular formula is C25H25FN4O2. The molecular weight excluding hydrogens is 407 g/mol. The summed E-state index contributed by atoms with van der Waals surface area (Å²) in [5.74, 6) is 1.40. The molecule has 0 N–H and O–H groups in total. The molecule has 1 saturated heterocycles. The SMILES string of the molecule is O=C(c1ccc(F)cc1)N1CCc2nc(N3CCCCC3)nc(Oc3ccccc3)c2C1. The standard InChI is InChI=1S/C25H25FN4O2/c26-19-11-9-18(10-12-19)24(31)30-16-13-22-21(17-30)23(32-20-7-3-1-4-8-20)28-25(27-22)29-14-5-2-6-15-29/h1,3-4,7-12H,2,5-6,13-17H2. The molecule has 5 rings (SSSR count). The molecule has 2 aromatic carbocycles. The summed E-state index contributed by atoms with van der Waals surface area (Å²) in [6.45, 7) is 2.79. The molecule has 0 spiro atoms. The molecule has 164 valence electrons. The Labute approximate surface area is 186 Å². The molecule has 6 nitrogen and oxygen atoms in total. The summed E-state index contributed by atoms with van der Waals surface area (Å²) < 4.78 is 19.5. The van der Waals surface area contributed by atoms with Gasteiger partial charge in [-0.2, -0.15) is 4.98 Å². The Morgan fingerprint density at radius 3 is 2.41 bits per heavy atom. The number of carbonyl (C=O) groups is 1. The molecule has 1 aromatic heterocycles. The first kappa shape index (κ1) is 20.4. The van der Waals surface area contributed by atoms with Crippen LogP contribution >= 0.6 is 0 Å². The number of ether oxygens (including phenoxy) is 1. The Morgan fingerprint density at radius 1 is 0.906 bits per heavy atom. The minimum atomic E-state index is -0.359. The smallest absolute Gasteiger partial charge is 0.254 e. The molecule has 0 atom stereocenters. The predicted molar refractivity (Wildman–Crippen MR) is 119 cm³/mol. The van der Waals surface area contributed by atoms with Crippen LogP contribution in [0.4, 0.5) is 10.3 Å². The quantitative estimate of drug-likeness (QED) is 0.603. The van der Waals surface area contributed by atoms with Crippen LogP contribution in [0.25, 0.3) is 0 Å². The molecule has 7 heteroatoms. The number of hydrogen-bond acceptors (Lipinski definition) is 5. The number of fused-ring (bicyclic) bond motifs is 1. The first-order valence-corrected chi connectivity index (χ1v) is 11.1. The molecule has 0 aliphatic carbocycles. The molecule has 1 fully saturated rings. The second-order valence-corrected chi connectivity index (χ2v) is 8.20. The van der Waals surface area contributed by atoms with Crippen molar-refractivity contribution in [2.75, 3.05) is 24.5 Å². The lowest BCUT2D eigenvalue weighted by atomic mass is 10.0. The van der Waals surface area contributed by atoms with Gasteiger partial charge in [-0.25, -0.2) is 9.37 Å². The van der Waals surface area contributed by atoms with Crippen molar-refractivity contribution in [1.82, 2.24) is 14.9 Å². The Morgan fingerprint density at radius 2 is 1.66 bits per heavy atom. The summed E-state index contributed by atoms with van der Waals surface area (Å²) in [7, 11) is 0. The van der Waals surface area contributed by atoms with Gasteiger partial charge >= 0.3 is 0 Å². The third kappa shape index (κ3) is 4.28. The van der Waals surface area contributed by atoms with Crippen molar-refractivity contribution >= 4 is 11.9 Å². The fourth-order valence-corrected chi connectivity index (χ4v) is 4.24. The monoisotopic (exact) mass is 432 g/mol. The van der Waals surface area contributed by atoms with Crippen molar-refractivity contribution < 1.29 is 13.9 Å². The number of anilines is 1. The van der Waals surface area contributed by atoms with Gasteiger partial charge in [-0.3, -0.25) is 4.79 Å². The van der Waals surface area contributed by atoms with Crippen molar-refractivity contribution in [3.63, 3.8) is 0 Å². The fraction of sp³-hybridized carbons (Fsp3) is 0.320. The van der Waals surface area contributed by atoms with E-state index in [2.05, 4.69) is 4.90 Å². The second-order valence-electron chi connectivity index (χ2n) is 8.20. The molecule has 32 heavy (non-hydrogen) atoms. The minimum absolute atomic E-state index is 0.138. The maximum atomic E-state index is 13.3. The number of nitrogens with zero attached hydrogens (tertiary/aromatic N) is 4. The van der Waals surface area contributed by atoms with E-state index in [1.807, 2.05) is 30.3 Å². The first-order valence-electron chi connectivity index (χ1n) is 11.1. The Kier molecular flexibility index (Phi) is 5.71. The zero-order valence-corrected chi connectivity index (χ0v) is 17.8. The number of aromatic nitrogens is 2. The lowest BCUT2D eigenvalue weighted by Crippen LogP contribution is -2.37. The van der Waals surface area contributed by atoms with Gasteiger partial charge in [0.05, 0.1) is 17.8 Å². The van der Waals surface area contributed by atoms with Gasteiger partial charge in [0.25, 0.3) is 5.91 Å². The summed E-state index contributed by atoms with van der Waals surface area (Å²) in [5.41, 5.74) is 2.22. The predicted octanol–water partition coefficient (Wildman–Crippen LogP) is 4.60. The summed E-state index contributed by atoms with van der Waals surface area (Å²) >= 11 is 0. The lowest BCUT2D eigenvalue weighted by molar-refractivity contribution is 0.0732. The maximum absolute atomic E-state index is 13.3. The Bertz CT molecular complexity index is 1100. The lowest BCUT2D eigenvalue weighted by Gasteiger charge is -2.32. The maximum Gasteiger partial charge on any atom is 0.254 e. The van der Waals surface area contributed by atoms with Crippen molar-refractivity contribution in [3.8, 4) is 11.6 Å². The number of benzene rings is 2. The van der Waals surface area contributed by atoms with Crippen LogP contribution in [0.3, 0.4) is 0 Å². The summed E-state index contributed by atoms with van der Waals surface area (Å²) in [5, 5.41) is 0. The van der Waals surface area contributed by atoms with E-state index in [-0.39, 0.29) is 11.7 Å². The molecule has 0 bridgehead atoms. The second kappa shape index (κ2) is 8.94. The van der Waals surface area contributed by atoms with E-state index >= 15 is 0 Å². The van der Waals surface area contributed by atoms with Gasteiger partial charge in [0.15, 0.2) is 0 Å². The number of para-hydroxylation sites is 1. The van der Waals surface area contributed by atoms with E-state index < -0.39 is 0 Å². The normalized spacial score (nSPS) is 15.9.